The Morgan fingerprint density at radius 3 is 1.94 bits per heavy atom. The zero-order valence-corrected chi connectivity index (χ0v) is 20.2. The number of carbonyl (C=O) groups excluding carboxylic acids is 2. The van der Waals surface area contributed by atoms with E-state index in [1.165, 1.54) is 0 Å². The summed E-state index contributed by atoms with van der Waals surface area (Å²) >= 11 is 0. The van der Waals surface area contributed by atoms with E-state index in [0.29, 0.717) is 47.5 Å². The minimum atomic E-state index is -0.353. The molecule has 0 fully saturated rings. The smallest absolute Gasteiger partial charge is 0.238 e. The Labute approximate surface area is 209 Å². The van der Waals surface area contributed by atoms with Crippen LogP contribution in [0.2, 0.25) is 0 Å². The van der Waals surface area contributed by atoms with Gasteiger partial charge in [-0.1, -0.05) is 24.3 Å². The fraction of sp³-hybridized carbons (Fsp3) is 0.259. The molecular weight excluding hydrogens is 462 g/mol. The summed E-state index contributed by atoms with van der Waals surface area (Å²) in [7, 11) is 3.13. The van der Waals surface area contributed by atoms with Crippen molar-refractivity contribution in [3.8, 4) is 23.0 Å². The first-order valence-corrected chi connectivity index (χ1v) is 11.5. The van der Waals surface area contributed by atoms with Crippen molar-refractivity contribution in [2.45, 2.75) is 6.10 Å². The lowest BCUT2D eigenvalue weighted by Crippen LogP contribution is -2.46. The molecule has 2 amide bonds. The number of methoxy groups -OCH3 is 2. The van der Waals surface area contributed by atoms with Gasteiger partial charge in [0.1, 0.15) is 24.2 Å². The molecule has 0 spiro atoms. The van der Waals surface area contributed by atoms with E-state index >= 15 is 0 Å². The van der Waals surface area contributed by atoms with E-state index in [9.17, 15) is 9.59 Å². The number of para-hydroxylation sites is 2. The Morgan fingerprint density at radius 2 is 1.39 bits per heavy atom. The Hall–Kier alpha value is -4.24. The van der Waals surface area contributed by atoms with Gasteiger partial charge in [0.05, 0.1) is 27.3 Å². The SMILES string of the molecule is COc1cccc(NC(=O)CN(CC(=O)Nc2cccc(OC)c2)CC2COc3ccccc3O2)c1. The number of carbonyl (C=O) groups is 2. The normalized spacial score (nSPS) is 14.1. The van der Waals surface area contributed by atoms with Crippen LogP contribution in [0.15, 0.2) is 72.8 Å². The average molecular weight is 492 g/mol. The molecule has 188 valence electrons. The van der Waals surface area contributed by atoms with Gasteiger partial charge in [-0.3, -0.25) is 14.5 Å². The third kappa shape index (κ3) is 6.89. The van der Waals surface area contributed by atoms with E-state index in [2.05, 4.69) is 10.6 Å². The van der Waals surface area contributed by atoms with E-state index in [1.807, 2.05) is 24.3 Å². The van der Waals surface area contributed by atoms with Gasteiger partial charge in [0.2, 0.25) is 11.8 Å². The summed E-state index contributed by atoms with van der Waals surface area (Å²) < 4.78 is 22.3. The Bertz CT molecular complexity index is 1140. The molecule has 4 rings (SSSR count). The fourth-order valence-electron chi connectivity index (χ4n) is 3.83. The van der Waals surface area contributed by atoms with Crippen LogP contribution in [-0.4, -0.2) is 63.3 Å². The highest BCUT2D eigenvalue weighted by atomic mass is 16.6. The molecular formula is C27H29N3O6. The largest absolute Gasteiger partial charge is 0.497 e. The van der Waals surface area contributed by atoms with Gasteiger partial charge < -0.3 is 29.6 Å². The van der Waals surface area contributed by atoms with Crippen LogP contribution in [0.5, 0.6) is 23.0 Å². The number of hydrogen-bond acceptors (Lipinski definition) is 7. The third-order valence-corrected chi connectivity index (χ3v) is 5.47. The molecule has 9 nitrogen and oxygen atoms in total. The molecule has 9 heteroatoms. The van der Waals surface area contributed by atoms with Gasteiger partial charge in [0.15, 0.2) is 11.5 Å². The second-order valence-electron chi connectivity index (χ2n) is 8.23. The van der Waals surface area contributed by atoms with Gasteiger partial charge in [0, 0.05) is 30.1 Å². The van der Waals surface area contributed by atoms with E-state index < -0.39 is 0 Å². The molecule has 1 aliphatic heterocycles. The van der Waals surface area contributed by atoms with Crippen molar-refractivity contribution in [3.63, 3.8) is 0 Å². The molecule has 1 heterocycles. The lowest BCUT2D eigenvalue weighted by Gasteiger charge is -2.30. The number of rotatable bonds is 10. The second-order valence-corrected chi connectivity index (χ2v) is 8.23. The predicted octanol–water partition coefficient (Wildman–Crippen LogP) is 3.42. The first kappa shape index (κ1) is 24.9. The number of nitrogens with zero attached hydrogens (tertiary/aromatic N) is 1. The average Bonchev–Trinajstić information content (AvgIpc) is 2.88. The van der Waals surface area contributed by atoms with Crippen LogP contribution in [-0.2, 0) is 9.59 Å². The fourth-order valence-corrected chi connectivity index (χ4v) is 3.83. The lowest BCUT2D eigenvalue weighted by atomic mass is 10.2. The molecule has 3 aromatic carbocycles. The Kier molecular flexibility index (Phi) is 8.25. The van der Waals surface area contributed by atoms with Gasteiger partial charge in [-0.25, -0.2) is 0 Å². The summed E-state index contributed by atoms with van der Waals surface area (Å²) in [5.41, 5.74) is 1.21. The number of amides is 2. The summed E-state index contributed by atoms with van der Waals surface area (Å²) in [5.74, 6) is 2.04. The van der Waals surface area contributed by atoms with Crippen LogP contribution in [0.1, 0.15) is 0 Å². The minimum absolute atomic E-state index is 0.0236. The monoisotopic (exact) mass is 491 g/mol. The summed E-state index contributed by atoms with van der Waals surface area (Å²) in [6, 6.07) is 21.6. The zero-order valence-electron chi connectivity index (χ0n) is 20.2. The van der Waals surface area contributed by atoms with E-state index in [-0.39, 0.29) is 31.0 Å². The number of fused-ring (bicyclic) bond motifs is 1. The molecule has 3 aromatic rings. The van der Waals surface area contributed by atoms with Crippen molar-refractivity contribution in [3.05, 3.63) is 72.8 Å². The lowest BCUT2D eigenvalue weighted by molar-refractivity contribution is -0.120. The molecule has 1 unspecified atom stereocenters. The van der Waals surface area contributed by atoms with Crippen molar-refractivity contribution in [2.75, 3.05) is 51.1 Å². The zero-order chi connectivity index (χ0) is 25.3. The highest BCUT2D eigenvalue weighted by Gasteiger charge is 2.25. The predicted molar refractivity (Wildman–Crippen MR) is 136 cm³/mol. The van der Waals surface area contributed by atoms with Gasteiger partial charge in [-0.15, -0.1) is 0 Å². The summed E-state index contributed by atoms with van der Waals surface area (Å²) in [6.07, 6.45) is -0.353. The number of anilines is 2. The first-order valence-electron chi connectivity index (χ1n) is 11.5. The van der Waals surface area contributed by atoms with Crippen molar-refractivity contribution in [1.29, 1.82) is 0 Å². The van der Waals surface area contributed by atoms with Crippen molar-refractivity contribution in [1.82, 2.24) is 4.90 Å². The van der Waals surface area contributed by atoms with Gasteiger partial charge in [-0.05, 0) is 36.4 Å². The summed E-state index contributed by atoms with van der Waals surface area (Å²) in [6.45, 7) is 0.572. The van der Waals surface area contributed by atoms with Crippen molar-refractivity contribution in [2.24, 2.45) is 0 Å². The topological polar surface area (TPSA) is 98.4 Å². The molecule has 2 N–H and O–H groups in total. The number of hydrogen-bond donors (Lipinski definition) is 2. The molecule has 0 saturated heterocycles. The summed E-state index contributed by atoms with van der Waals surface area (Å²) in [5, 5.41) is 5.71. The van der Waals surface area contributed by atoms with Crippen molar-refractivity contribution >= 4 is 23.2 Å². The molecule has 1 atom stereocenters. The molecule has 0 saturated carbocycles. The summed E-state index contributed by atoms with van der Waals surface area (Å²) in [4.78, 5) is 27.5. The maximum atomic E-state index is 12.9. The van der Waals surface area contributed by atoms with Crippen LogP contribution in [0.4, 0.5) is 11.4 Å². The molecule has 0 aliphatic carbocycles. The molecule has 1 aliphatic rings. The molecule has 36 heavy (non-hydrogen) atoms. The molecule has 0 bridgehead atoms. The maximum Gasteiger partial charge on any atom is 0.238 e. The second kappa shape index (κ2) is 11.9. The van der Waals surface area contributed by atoms with Crippen LogP contribution >= 0.6 is 0 Å². The van der Waals surface area contributed by atoms with Crippen LogP contribution in [0, 0.1) is 0 Å². The number of ether oxygens (including phenoxy) is 4. The first-order chi connectivity index (χ1) is 17.5. The minimum Gasteiger partial charge on any atom is -0.497 e. The molecule has 0 aromatic heterocycles. The van der Waals surface area contributed by atoms with Crippen LogP contribution in [0.3, 0.4) is 0 Å². The Balaban J connectivity index is 1.43. The van der Waals surface area contributed by atoms with Crippen LogP contribution in [0.25, 0.3) is 0 Å². The van der Waals surface area contributed by atoms with Crippen LogP contribution < -0.4 is 29.6 Å². The number of benzene rings is 3. The van der Waals surface area contributed by atoms with E-state index in [1.54, 1.807) is 67.7 Å². The highest BCUT2D eigenvalue weighted by molar-refractivity contribution is 5.94. The maximum absolute atomic E-state index is 12.9. The van der Waals surface area contributed by atoms with E-state index in [4.69, 9.17) is 18.9 Å². The number of nitrogens with one attached hydrogen (secondary N) is 2. The molecule has 0 radical (unpaired) electrons. The standard InChI is InChI=1S/C27H29N3O6/c1-33-21-9-5-7-19(13-21)28-26(31)16-30(15-23-18-35-24-11-3-4-12-25(24)36-23)17-27(32)29-20-8-6-10-22(14-20)34-2/h3-14,23H,15-18H2,1-2H3,(H,28,31)(H,29,32). The Morgan fingerprint density at radius 1 is 0.833 bits per heavy atom. The third-order valence-electron chi connectivity index (χ3n) is 5.47. The van der Waals surface area contributed by atoms with Gasteiger partial charge >= 0.3 is 0 Å². The van der Waals surface area contributed by atoms with Gasteiger partial charge in [0.25, 0.3) is 0 Å². The highest BCUT2D eigenvalue weighted by Crippen LogP contribution is 2.31. The van der Waals surface area contributed by atoms with Crippen molar-refractivity contribution < 1.29 is 28.5 Å². The quantitative estimate of drug-likeness (QED) is 0.448. The van der Waals surface area contributed by atoms with E-state index in [0.717, 1.165) is 0 Å². The van der Waals surface area contributed by atoms with Gasteiger partial charge in [-0.2, -0.15) is 0 Å².